The van der Waals surface area contributed by atoms with Crippen LogP contribution in [0.5, 0.6) is 5.75 Å². The van der Waals surface area contributed by atoms with Crippen molar-refractivity contribution >= 4 is 17.3 Å². The highest BCUT2D eigenvalue weighted by Gasteiger charge is 2.17. The van der Waals surface area contributed by atoms with E-state index < -0.39 is 4.92 Å². The minimum absolute atomic E-state index is 0.00979. The van der Waals surface area contributed by atoms with Gasteiger partial charge in [0.2, 0.25) is 0 Å². The second kappa shape index (κ2) is 5.67. The largest absolute Gasteiger partial charge is 0.482 e. The molecule has 0 aliphatic carbocycles. The van der Waals surface area contributed by atoms with E-state index in [0.717, 1.165) is 5.56 Å². The van der Waals surface area contributed by atoms with Gasteiger partial charge >= 0.3 is 5.69 Å². The van der Waals surface area contributed by atoms with Gasteiger partial charge in [0.1, 0.15) is 11.8 Å². The molecule has 19 heavy (non-hydrogen) atoms. The van der Waals surface area contributed by atoms with E-state index in [-0.39, 0.29) is 18.0 Å². The van der Waals surface area contributed by atoms with E-state index in [4.69, 9.17) is 16.3 Å². The van der Waals surface area contributed by atoms with E-state index in [1.165, 1.54) is 0 Å². The predicted molar refractivity (Wildman–Crippen MR) is 71.4 cm³/mol. The molecule has 1 aromatic heterocycles. The molecule has 98 valence electrons. The van der Waals surface area contributed by atoms with E-state index in [1.807, 2.05) is 0 Å². The predicted octanol–water partition coefficient (Wildman–Crippen LogP) is 3.53. The fourth-order valence-corrected chi connectivity index (χ4v) is 1.75. The fourth-order valence-electron chi connectivity index (χ4n) is 1.64. The van der Waals surface area contributed by atoms with Crippen molar-refractivity contribution in [3.05, 3.63) is 62.9 Å². The Bertz CT molecular complexity index is 599. The van der Waals surface area contributed by atoms with Crippen molar-refractivity contribution in [1.29, 1.82) is 0 Å². The summed E-state index contributed by atoms with van der Waals surface area (Å²) in [5, 5.41) is 11.4. The molecule has 5 nitrogen and oxygen atoms in total. The molecule has 0 N–H and O–H groups in total. The zero-order chi connectivity index (χ0) is 13.8. The number of hydrogen-bond donors (Lipinski definition) is 0. The number of benzene rings is 1. The molecule has 2 rings (SSSR count). The molecule has 0 aliphatic heterocycles. The summed E-state index contributed by atoms with van der Waals surface area (Å²) in [6, 6.07) is 8.38. The van der Waals surface area contributed by atoms with E-state index in [9.17, 15) is 10.1 Å². The van der Waals surface area contributed by atoms with Gasteiger partial charge in [-0.1, -0.05) is 29.8 Å². The zero-order valence-electron chi connectivity index (χ0n) is 10.2. The summed E-state index contributed by atoms with van der Waals surface area (Å²) < 4.78 is 5.48. The number of nitro groups is 1. The summed E-state index contributed by atoms with van der Waals surface area (Å²) in [5.41, 5.74) is 1.35. The third kappa shape index (κ3) is 3.20. The van der Waals surface area contributed by atoms with E-state index in [2.05, 4.69) is 4.98 Å². The average molecular weight is 279 g/mol. The maximum absolute atomic E-state index is 11.0. The molecule has 0 saturated carbocycles. The molecule has 0 spiro atoms. The Labute approximate surface area is 115 Å². The molecular formula is C13H11ClN2O3. The third-order valence-electron chi connectivity index (χ3n) is 2.57. The Hall–Kier alpha value is -2.14. The number of aryl methyl sites for hydroxylation is 1. The van der Waals surface area contributed by atoms with Gasteiger partial charge in [0.25, 0.3) is 0 Å². The lowest BCUT2D eigenvalue weighted by atomic mass is 10.2. The molecule has 2 aromatic rings. The Morgan fingerprint density at radius 3 is 2.79 bits per heavy atom. The second-order valence-electron chi connectivity index (χ2n) is 3.96. The topological polar surface area (TPSA) is 65.3 Å². The maximum Gasteiger partial charge on any atom is 0.313 e. The third-order valence-corrected chi connectivity index (χ3v) is 2.79. The first kappa shape index (κ1) is 13.3. The normalized spacial score (nSPS) is 10.2. The van der Waals surface area contributed by atoms with Crippen LogP contribution in [0.4, 0.5) is 5.69 Å². The molecule has 0 aliphatic rings. The molecule has 0 saturated heterocycles. The second-order valence-corrected chi connectivity index (χ2v) is 4.34. The molecule has 0 bridgehead atoms. The number of hydrogen-bond acceptors (Lipinski definition) is 4. The zero-order valence-corrected chi connectivity index (χ0v) is 10.9. The molecule has 0 atom stereocenters. The number of nitro benzene ring substituents is 1. The molecule has 1 heterocycles. The van der Waals surface area contributed by atoms with E-state index >= 15 is 0 Å². The number of pyridine rings is 1. The highest BCUT2D eigenvalue weighted by atomic mass is 35.5. The minimum Gasteiger partial charge on any atom is -0.482 e. The van der Waals surface area contributed by atoms with Crippen LogP contribution in [0.2, 0.25) is 5.15 Å². The first-order valence-electron chi connectivity index (χ1n) is 5.55. The SMILES string of the molecule is Cc1cccc(OCc2ccc(Cl)nc2)c1[N+](=O)[O-]. The molecule has 0 unspecified atom stereocenters. The van der Waals surface area contributed by atoms with Gasteiger partial charge in [0.15, 0.2) is 5.75 Å². The van der Waals surface area contributed by atoms with Crippen LogP contribution in [-0.4, -0.2) is 9.91 Å². The first-order valence-corrected chi connectivity index (χ1v) is 5.93. The van der Waals surface area contributed by atoms with Crippen LogP contribution < -0.4 is 4.74 Å². The van der Waals surface area contributed by atoms with Crippen LogP contribution in [-0.2, 0) is 6.61 Å². The summed E-state index contributed by atoms with van der Waals surface area (Å²) in [7, 11) is 0. The highest BCUT2D eigenvalue weighted by molar-refractivity contribution is 6.29. The Kier molecular flexibility index (Phi) is 3.97. The van der Waals surface area contributed by atoms with Gasteiger partial charge in [-0.3, -0.25) is 10.1 Å². The standard InChI is InChI=1S/C13H11ClN2O3/c1-9-3-2-4-11(13(9)16(17)18)19-8-10-5-6-12(14)15-7-10/h2-7H,8H2,1H3. The maximum atomic E-state index is 11.0. The number of rotatable bonds is 4. The summed E-state index contributed by atoms with van der Waals surface area (Å²) in [6.07, 6.45) is 1.57. The Balaban J connectivity index is 2.18. The smallest absolute Gasteiger partial charge is 0.313 e. The van der Waals surface area contributed by atoms with Crippen molar-refractivity contribution in [3.63, 3.8) is 0 Å². The summed E-state index contributed by atoms with van der Waals surface area (Å²) >= 11 is 5.68. The molecule has 0 fully saturated rings. The van der Waals surface area contributed by atoms with Crippen molar-refractivity contribution in [3.8, 4) is 5.75 Å². The van der Waals surface area contributed by atoms with Gasteiger partial charge in [-0.25, -0.2) is 4.98 Å². The quantitative estimate of drug-likeness (QED) is 0.487. The van der Waals surface area contributed by atoms with E-state index in [1.54, 1.807) is 43.5 Å². The first-order chi connectivity index (χ1) is 9.08. The van der Waals surface area contributed by atoms with Gasteiger partial charge in [-0.05, 0) is 19.1 Å². The van der Waals surface area contributed by atoms with Gasteiger partial charge < -0.3 is 4.74 Å². The number of nitrogens with zero attached hydrogens (tertiary/aromatic N) is 2. The minimum atomic E-state index is -0.440. The molecule has 6 heteroatoms. The molecule has 0 amide bonds. The van der Waals surface area contributed by atoms with Crippen LogP contribution in [0.1, 0.15) is 11.1 Å². The number of halogens is 1. The van der Waals surface area contributed by atoms with Crippen molar-refractivity contribution in [2.45, 2.75) is 13.5 Å². The number of aromatic nitrogens is 1. The lowest BCUT2D eigenvalue weighted by molar-refractivity contribution is -0.386. The Morgan fingerprint density at radius 1 is 1.37 bits per heavy atom. The summed E-state index contributed by atoms with van der Waals surface area (Å²) in [6.45, 7) is 1.88. The van der Waals surface area contributed by atoms with Crippen molar-refractivity contribution < 1.29 is 9.66 Å². The van der Waals surface area contributed by atoms with Gasteiger partial charge in [0.05, 0.1) is 4.92 Å². The van der Waals surface area contributed by atoms with Crippen molar-refractivity contribution in [2.24, 2.45) is 0 Å². The van der Waals surface area contributed by atoms with Gasteiger partial charge in [-0.15, -0.1) is 0 Å². The monoisotopic (exact) mass is 278 g/mol. The molecule has 1 aromatic carbocycles. The van der Waals surface area contributed by atoms with Gasteiger partial charge in [-0.2, -0.15) is 0 Å². The summed E-state index contributed by atoms with van der Waals surface area (Å²) in [5.74, 6) is 0.250. The summed E-state index contributed by atoms with van der Waals surface area (Å²) in [4.78, 5) is 14.5. The highest BCUT2D eigenvalue weighted by Crippen LogP contribution is 2.30. The lowest BCUT2D eigenvalue weighted by Gasteiger charge is -2.08. The van der Waals surface area contributed by atoms with Crippen LogP contribution in [0.3, 0.4) is 0 Å². The van der Waals surface area contributed by atoms with Crippen molar-refractivity contribution in [2.75, 3.05) is 0 Å². The number of para-hydroxylation sites is 1. The van der Waals surface area contributed by atoms with Crippen LogP contribution in [0.15, 0.2) is 36.5 Å². The number of ether oxygens (including phenoxy) is 1. The average Bonchev–Trinajstić information content (AvgIpc) is 2.37. The van der Waals surface area contributed by atoms with E-state index in [0.29, 0.717) is 10.7 Å². The van der Waals surface area contributed by atoms with Crippen LogP contribution in [0, 0.1) is 17.0 Å². The van der Waals surface area contributed by atoms with Crippen LogP contribution >= 0.6 is 11.6 Å². The lowest BCUT2D eigenvalue weighted by Crippen LogP contribution is -2.00. The molecular weight excluding hydrogens is 268 g/mol. The Morgan fingerprint density at radius 2 is 2.16 bits per heavy atom. The fraction of sp³-hybridized carbons (Fsp3) is 0.154. The van der Waals surface area contributed by atoms with Gasteiger partial charge in [0, 0.05) is 17.3 Å². The van der Waals surface area contributed by atoms with Crippen molar-refractivity contribution in [1.82, 2.24) is 4.98 Å². The van der Waals surface area contributed by atoms with Crippen LogP contribution in [0.25, 0.3) is 0 Å². The molecule has 0 radical (unpaired) electrons.